The van der Waals surface area contributed by atoms with Gasteiger partial charge in [0.2, 0.25) is 0 Å². The summed E-state index contributed by atoms with van der Waals surface area (Å²) in [5.41, 5.74) is 3.22. The van der Waals surface area contributed by atoms with E-state index in [1.807, 2.05) is 32.0 Å². The Hall–Kier alpha value is -2.14. The number of aliphatic hydroxyl groups excluding tert-OH is 1. The number of benzene rings is 1. The third-order valence-electron chi connectivity index (χ3n) is 3.15. The summed E-state index contributed by atoms with van der Waals surface area (Å²) in [7, 11) is 1.69. The summed E-state index contributed by atoms with van der Waals surface area (Å²) in [6.07, 6.45) is 1.45. The first-order chi connectivity index (χ1) is 10.6. The minimum atomic E-state index is -0.722. The highest BCUT2D eigenvalue weighted by Crippen LogP contribution is 2.17. The number of aromatic nitrogens is 1. The summed E-state index contributed by atoms with van der Waals surface area (Å²) in [6.45, 7) is 6.75. The Balaban J connectivity index is 0.000000211. The molecule has 22 heavy (non-hydrogen) atoms. The molecule has 5 nitrogen and oxygen atoms in total. The van der Waals surface area contributed by atoms with Gasteiger partial charge >= 0.3 is 0 Å². The smallest absolute Gasteiger partial charge is 0.251 e. The molecule has 0 saturated carbocycles. The molecule has 3 rings (SSSR count). The maximum atomic E-state index is 10.6. The SMILES string of the molecule is CC.CN1CCC(O)C1=O.Cc1cccc(-c2ccon2)c1. The minimum Gasteiger partial charge on any atom is -0.383 e. The largest absolute Gasteiger partial charge is 0.383 e. The molecule has 120 valence electrons. The van der Waals surface area contributed by atoms with Crippen LogP contribution in [0.25, 0.3) is 11.3 Å². The first-order valence-corrected chi connectivity index (χ1v) is 7.48. The Bertz CT molecular complexity index is 555. The van der Waals surface area contributed by atoms with E-state index in [2.05, 4.69) is 24.2 Å². The summed E-state index contributed by atoms with van der Waals surface area (Å²) in [5.74, 6) is -0.148. The molecule has 1 aliphatic heterocycles. The van der Waals surface area contributed by atoms with Gasteiger partial charge in [-0.2, -0.15) is 0 Å². The van der Waals surface area contributed by atoms with Crippen LogP contribution in [0.2, 0.25) is 0 Å². The van der Waals surface area contributed by atoms with E-state index in [9.17, 15) is 4.79 Å². The van der Waals surface area contributed by atoms with Crippen molar-refractivity contribution in [1.82, 2.24) is 10.1 Å². The molecule has 5 heteroatoms. The standard InChI is InChI=1S/C10H9NO.C5H9NO2.C2H6/c1-8-3-2-4-9(7-8)10-5-6-12-11-10;1-6-3-2-4(7)5(6)8;1-2/h2-7H,1H3;4,7H,2-3H2,1H3;1-2H3. The van der Waals surface area contributed by atoms with E-state index in [4.69, 9.17) is 9.63 Å². The second kappa shape index (κ2) is 9.00. The van der Waals surface area contributed by atoms with Gasteiger partial charge in [0.05, 0.1) is 0 Å². The van der Waals surface area contributed by atoms with Crippen molar-refractivity contribution in [3.63, 3.8) is 0 Å². The van der Waals surface area contributed by atoms with Gasteiger partial charge in [-0.15, -0.1) is 0 Å². The number of likely N-dealkylation sites (tertiary alicyclic amines) is 1. The average Bonchev–Trinajstić information content (AvgIpc) is 3.17. The Kier molecular flexibility index (Phi) is 7.32. The van der Waals surface area contributed by atoms with Crippen LogP contribution in [0.5, 0.6) is 0 Å². The number of carbonyl (C=O) groups excluding carboxylic acids is 1. The summed E-state index contributed by atoms with van der Waals surface area (Å²) in [4.78, 5) is 12.1. The number of likely N-dealkylation sites (N-methyl/N-ethyl adjacent to an activating group) is 1. The lowest BCUT2D eigenvalue weighted by Gasteiger charge is -2.04. The molecule has 1 unspecified atom stereocenters. The first-order valence-electron chi connectivity index (χ1n) is 7.48. The Morgan fingerprint density at radius 2 is 2.05 bits per heavy atom. The summed E-state index contributed by atoms with van der Waals surface area (Å²) in [5, 5.41) is 12.6. The predicted molar refractivity (Wildman–Crippen MR) is 86.3 cm³/mol. The summed E-state index contributed by atoms with van der Waals surface area (Å²) < 4.78 is 4.76. The minimum absolute atomic E-state index is 0.148. The number of hydrogen-bond acceptors (Lipinski definition) is 4. The van der Waals surface area contributed by atoms with Crippen molar-refractivity contribution in [3.05, 3.63) is 42.2 Å². The highest BCUT2D eigenvalue weighted by molar-refractivity contribution is 5.82. The third kappa shape index (κ3) is 5.00. The molecule has 2 heterocycles. The number of carbonyl (C=O) groups is 1. The van der Waals surface area contributed by atoms with Crippen molar-refractivity contribution in [3.8, 4) is 11.3 Å². The van der Waals surface area contributed by atoms with Crippen LogP contribution < -0.4 is 0 Å². The van der Waals surface area contributed by atoms with E-state index in [-0.39, 0.29) is 5.91 Å². The van der Waals surface area contributed by atoms with Crippen molar-refractivity contribution in [2.24, 2.45) is 0 Å². The van der Waals surface area contributed by atoms with Crippen LogP contribution in [0.3, 0.4) is 0 Å². The van der Waals surface area contributed by atoms with E-state index in [1.165, 1.54) is 10.5 Å². The molecule has 0 radical (unpaired) electrons. The number of aryl methyl sites for hydroxylation is 1. The normalized spacial score (nSPS) is 16.5. The van der Waals surface area contributed by atoms with E-state index in [0.29, 0.717) is 13.0 Å². The van der Waals surface area contributed by atoms with E-state index >= 15 is 0 Å². The number of hydrogen-bond donors (Lipinski definition) is 1. The first kappa shape index (κ1) is 17.9. The topological polar surface area (TPSA) is 66.6 Å². The van der Waals surface area contributed by atoms with Crippen LogP contribution in [-0.4, -0.2) is 40.8 Å². The number of rotatable bonds is 1. The zero-order chi connectivity index (χ0) is 16.5. The lowest BCUT2D eigenvalue weighted by atomic mass is 10.1. The van der Waals surface area contributed by atoms with Crippen molar-refractivity contribution < 1.29 is 14.4 Å². The van der Waals surface area contributed by atoms with E-state index in [1.54, 1.807) is 13.3 Å². The van der Waals surface area contributed by atoms with Gasteiger partial charge in [0.15, 0.2) is 0 Å². The van der Waals surface area contributed by atoms with Crippen LogP contribution in [0, 0.1) is 6.92 Å². The predicted octanol–water partition coefficient (Wildman–Crippen LogP) is 2.89. The van der Waals surface area contributed by atoms with Crippen molar-refractivity contribution in [2.75, 3.05) is 13.6 Å². The molecule has 1 fully saturated rings. The highest BCUT2D eigenvalue weighted by Gasteiger charge is 2.25. The Labute approximate surface area is 131 Å². The second-order valence-corrected chi connectivity index (χ2v) is 4.82. The molecule has 0 bridgehead atoms. The van der Waals surface area contributed by atoms with Gasteiger partial charge in [-0.3, -0.25) is 4.79 Å². The molecule has 1 amide bonds. The third-order valence-corrected chi connectivity index (χ3v) is 3.15. The molecule has 1 saturated heterocycles. The fourth-order valence-electron chi connectivity index (χ4n) is 1.97. The van der Waals surface area contributed by atoms with Gasteiger partial charge in [-0.25, -0.2) is 0 Å². The van der Waals surface area contributed by atoms with Crippen LogP contribution >= 0.6 is 0 Å². The van der Waals surface area contributed by atoms with E-state index in [0.717, 1.165) is 11.3 Å². The lowest BCUT2D eigenvalue weighted by molar-refractivity contribution is -0.133. The van der Waals surface area contributed by atoms with Gasteiger partial charge in [0.25, 0.3) is 5.91 Å². The molecule has 1 aromatic carbocycles. The average molecular weight is 304 g/mol. The van der Waals surface area contributed by atoms with Gasteiger partial charge in [-0.05, 0) is 19.4 Å². The number of amides is 1. The van der Waals surface area contributed by atoms with Gasteiger partial charge in [0, 0.05) is 25.2 Å². The highest BCUT2D eigenvalue weighted by atomic mass is 16.5. The lowest BCUT2D eigenvalue weighted by Crippen LogP contribution is -2.24. The van der Waals surface area contributed by atoms with Gasteiger partial charge in [-0.1, -0.05) is 42.8 Å². The molecule has 2 aromatic rings. The Morgan fingerprint density at radius 3 is 2.45 bits per heavy atom. The van der Waals surface area contributed by atoms with Crippen molar-refractivity contribution in [1.29, 1.82) is 0 Å². The molecule has 0 spiro atoms. The van der Waals surface area contributed by atoms with E-state index < -0.39 is 6.10 Å². The fourth-order valence-corrected chi connectivity index (χ4v) is 1.97. The van der Waals surface area contributed by atoms with Crippen LogP contribution in [-0.2, 0) is 4.79 Å². The summed E-state index contributed by atoms with van der Waals surface area (Å²) >= 11 is 0. The van der Waals surface area contributed by atoms with Crippen LogP contribution in [0.4, 0.5) is 0 Å². The number of nitrogens with zero attached hydrogens (tertiary/aromatic N) is 2. The maximum Gasteiger partial charge on any atom is 0.251 e. The summed E-state index contributed by atoms with van der Waals surface area (Å²) in [6, 6.07) is 10.0. The van der Waals surface area contributed by atoms with Crippen molar-refractivity contribution in [2.45, 2.75) is 33.3 Å². The fraction of sp³-hybridized carbons (Fsp3) is 0.412. The van der Waals surface area contributed by atoms with Crippen LogP contribution in [0.1, 0.15) is 25.8 Å². The monoisotopic (exact) mass is 304 g/mol. The molecular weight excluding hydrogens is 280 g/mol. The maximum absolute atomic E-state index is 10.6. The van der Waals surface area contributed by atoms with Gasteiger partial charge in [0.1, 0.15) is 18.1 Å². The second-order valence-electron chi connectivity index (χ2n) is 4.82. The quantitative estimate of drug-likeness (QED) is 0.879. The molecule has 1 aliphatic rings. The van der Waals surface area contributed by atoms with Crippen LogP contribution in [0.15, 0.2) is 41.1 Å². The molecule has 1 atom stereocenters. The zero-order valence-electron chi connectivity index (χ0n) is 13.6. The molecule has 1 aromatic heterocycles. The molecule has 0 aliphatic carbocycles. The molecule has 1 N–H and O–H groups in total. The Morgan fingerprint density at radius 1 is 1.32 bits per heavy atom. The number of aliphatic hydroxyl groups is 1. The zero-order valence-corrected chi connectivity index (χ0v) is 13.6. The van der Waals surface area contributed by atoms with Gasteiger partial charge < -0.3 is 14.5 Å². The molecular formula is C17H24N2O3. The van der Waals surface area contributed by atoms with Crippen molar-refractivity contribution >= 4 is 5.91 Å².